The molecule has 3 aromatic carbocycles. The Balaban J connectivity index is 1.62. The van der Waals surface area contributed by atoms with Crippen LogP contribution in [0, 0.1) is 0 Å². The van der Waals surface area contributed by atoms with Crippen LogP contribution in [0.2, 0.25) is 10.0 Å². The molecule has 5 rings (SSSR count). The lowest BCUT2D eigenvalue weighted by atomic mass is 9.78. The molecule has 1 heterocycles. The molecule has 0 saturated heterocycles. The number of halogens is 2. The van der Waals surface area contributed by atoms with Crippen LogP contribution in [0.5, 0.6) is 0 Å². The number of ketones is 1. The van der Waals surface area contributed by atoms with Gasteiger partial charge in [0.2, 0.25) is 0 Å². The number of allylic oxidation sites excluding steroid dienone is 1. The van der Waals surface area contributed by atoms with Crippen molar-refractivity contribution >= 4 is 40.4 Å². The molecule has 3 nitrogen and oxygen atoms in total. The molecule has 1 aliphatic heterocycles. The highest BCUT2D eigenvalue weighted by molar-refractivity contribution is 6.31. The molecular formula is C25H20Cl2N2O. The molecule has 0 saturated carbocycles. The van der Waals surface area contributed by atoms with Gasteiger partial charge in [0.05, 0.1) is 17.4 Å². The van der Waals surface area contributed by atoms with Crippen molar-refractivity contribution in [2.45, 2.75) is 24.8 Å². The number of carbonyl (C=O) groups is 1. The van der Waals surface area contributed by atoms with Gasteiger partial charge in [0.25, 0.3) is 0 Å². The number of nitrogens with one attached hydrogen (secondary N) is 2. The third-order valence-corrected chi connectivity index (χ3v) is 6.46. The van der Waals surface area contributed by atoms with E-state index < -0.39 is 0 Å². The molecule has 5 heteroatoms. The van der Waals surface area contributed by atoms with E-state index in [2.05, 4.69) is 10.6 Å². The van der Waals surface area contributed by atoms with Crippen LogP contribution in [0.1, 0.15) is 35.9 Å². The van der Waals surface area contributed by atoms with E-state index >= 15 is 0 Å². The van der Waals surface area contributed by atoms with E-state index in [1.54, 1.807) is 0 Å². The summed E-state index contributed by atoms with van der Waals surface area (Å²) in [5.41, 5.74) is 5.67. The highest BCUT2D eigenvalue weighted by Gasteiger charge is 2.36. The van der Waals surface area contributed by atoms with Gasteiger partial charge in [-0.05, 0) is 53.8 Å². The van der Waals surface area contributed by atoms with Gasteiger partial charge in [-0.25, -0.2) is 0 Å². The Morgan fingerprint density at radius 3 is 2.27 bits per heavy atom. The van der Waals surface area contributed by atoms with Gasteiger partial charge in [-0.1, -0.05) is 65.7 Å². The molecule has 3 aromatic rings. The lowest BCUT2D eigenvalue weighted by Gasteiger charge is -2.30. The molecule has 0 fully saturated rings. The third kappa shape index (κ3) is 3.49. The summed E-state index contributed by atoms with van der Waals surface area (Å²) in [5.74, 6) is 0.243. The van der Waals surface area contributed by atoms with Crippen LogP contribution in [0.25, 0.3) is 0 Å². The minimum absolute atomic E-state index is 0.109. The van der Waals surface area contributed by atoms with Crippen molar-refractivity contribution in [3.63, 3.8) is 0 Å². The molecule has 0 amide bonds. The van der Waals surface area contributed by atoms with Gasteiger partial charge in [0.15, 0.2) is 5.78 Å². The van der Waals surface area contributed by atoms with E-state index in [0.29, 0.717) is 16.5 Å². The number of Topliss-reactive ketones (excluding diaryl/α,β-unsaturated/α-hetero) is 1. The first-order valence-electron chi connectivity index (χ1n) is 9.99. The average Bonchev–Trinajstić information content (AvgIpc) is 2.91. The zero-order chi connectivity index (χ0) is 20.7. The zero-order valence-corrected chi connectivity index (χ0v) is 17.7. The summed E-state index contributed by atoms with van der Waals surface area (Å²) in [6, 6.07) is 23.2. The largest absolute Gasteiger partial charge is 0.372 e. The Kier molecular flexibility index (Phi) is 5.01. The van der Waals surface area contributed by atoms with Gasteiger partial charge in [0.1, 0.15) is 0 Å². The molecule has 0 spiro atoms. The molecule has 0 bridgehead atoms. The first-order chi connectivity index (χ1) is 14.6. The monoisotopic (exact) mass is 434 g/mol. The van der Waals surface area contributed by atoms with Crippen molar-refractivity contribution in [3.05, 3.63) is 105 Å². The fourth-order valence-corrected chi connectivity index (χ4v) is 4.78. The summed E-state index contributed by atoms with van der Waals surface area (Å²) in [7, 11) is 0. The highest BCUT2D eigenvalue weighted by Crippen LogP contribution is 2.45. The Labute approximate surface area is 185 Å². The number of anilines is 2. The van der Waals surface area contributed by atoms with E-state index in [0.717, 1.165) is 40.2 Å². The summed E-state index contributed by atoms with van der Waals surface area (Å²) < 4.78 is 0. The summed E-state index contributed by atoms with van der Waals surface area (Å²) in [4.78, 5) is 13.5. The fraction of sp³-hybridized carbons (Fsp3) is 0.160. The number of rotatable bonds is 2. The third-order valence-electron chi connectivity index (χ3n) is 5.87. The summed E-state index contributed by atoms with van der Waals surface area (Å²) >= 11 is 12.6. The van der Waals surface area contributed by atoms with Gasteiger partial charge in [-0.3, -0.25) is 4.79 Å². The van der Waals surface area contributed by atoms with E-state index in [1.807, 2.05) is 72.8 Å². The Morgan fingerprint density at radius 1 is 0.800 bits per heavy atom. The van der Waals surface area contributed by atoms with Gasteiger partial charge >= 0.3 is 0 Å². The van der Waals surface area contributed by atoms with Gasteiger partial charge in [0, 0.05) is 27.7 Å². The molecule has 2 aliphatic rings. The highest BCUT2D eigenvalue weighted by atomic mass is 35.5. The second-order valence-electron chi connectivity index (χ2n) is 7.74. The summed E-state index contributed by atoms with van der Waals surface area (Å²) in [6.45, 7) is 0. The quantitative estimate of drug-likeness (QED) is 0.457. The number of hydrogen-bond acceptors (Lipinski definition) is 3. The Hall–Kier alpha value is -2.75. The normalized spacial score (nSPS) is 20.5. The predicted molar refractivity (Wildman–Crippen MR) is 123 cm³/mol. The number of para-hydroxylation sites is 2. The average molecular weight is 435 g/mol. The molecule has 2 N–H and O–H groups in total. The zero-order valence-electron chi connectivity index (χ0n) is 16.2. The maximum Gasteiger partial charge on any atom is 0.163 e. The van der Waals surface area contributed by atoms with Crippen LogP contribution >= 0.6 is 23.2 Å². The van der Waals surface area contributed by atoms with E-state index in [1.165, 1.54) is 0 Å². The maximum atomic E-state index is 13.5. The lowest BCUT2D eigenvalue weighted by Crippen LogP contribution is -2.27. The van der Waals surface area contributed by atoms with E-state index in [-0.39, 0.29) is 17.7 Å². The van der Waals surface area contributed by atoms with Crippen LogP contribution in [-0.2, 0) is 4.79 Å². The van der Waals surface area contributed by atoms with Crippen LogP contribution < -0.4 is 10.6 Å². The van der Waals surface area contributed by atoms with Crippen LogP contribution in [-0.4, -0.2) is 5.78 Å². The smallest absolute Gasteiger partial charge is 0.163 e. The minimum Gasteiger partial charge on any atom is -0.372 e. The van der Waals surface area contributed by atoms with E-state index in [4.69, 9.17) is 23.2 Å². The molecule has 1 aliphatic carbocycles. The molecular weight excluding hydrogens is 415 g/mol. The van der Waals surface area contributed by atoms with Crippen LogP contribution in [0.15, 0.2) is 84.1 Å². The Morgan fingerprint density at radius 2 is 1.50 bits per heavy atom. The van der Waals surface area contributed by atoms with E-state index in [9.17, 15) is 4.79 Å². The SMILES string of the molecule is O=C1CC(c2ccc(Cl)cc2)CC2=C1C(c1ccccc1Cl)Nc1ccccc1N2. The first-order valence-corrected chi connectivity index (χ1v) is 10.7. The van der Waals surface area contributed by atoms with Crippen molar-refractivity contribution in [1.29, 1.82) is 0 Å². The van der Waals surface area contributed by atoms with Crippen molar-refractivity contribution in [3.8, 4) is 0 Å². The van der Waals surface area contributed by atoms with Gasteiger partial charge in [-0.15, -0.1) is 0 Å². The van der Waals surface area contributed by atoms with Crippen molar-refractivity contribution < 1.29 is 4.79 Å². The standard InChI is InChI=1S/C25H20Cl2N2O/c26-17-11-9-15(10-12-17)16-13-22-24(23(30)14-16)25(18-5-1-2-6-19(18)27)29-21-8-4-3-7-20(21)28-22/h1-12,16,25,28-29H,13-14H2. The predicted octanol–water partition coefficient (Wildman–Crippen LogP) is 6.97. The first kappa shape index (κ1) is 19.2. The van der Waals surface area contributed by atoms with Gasteiger partial charge in [-0.2, -0.15) is 0 Å². The van der Waals surface area contributed by atoms with Crippen LogP contribution in [0.3, 0.4) is 0 Å². The maximum absolute atomic E-state index is 13.5. The number of hydrogen-bond donors (Lipinski definition) is 2. The lowest BCUT2D eigenvalue weighted by molar-refractivity contribution is -0.116. The fourth-order valence-electron chi connectivity index (χ4n) is 4.41. The minimum atomic E-state index is -0.302. The topological polar surface area (TPSA) is 41.1 Å². The summed E-state index contributed by atoms with van der Waals surface area (Å²) in [6.07, 6.45) is 1.21. The molecule has 30 heavy (non-hydrogen) atoms. The molecule has 0 aromatic heterocycles. The Bertz CT molecular complexity index is 1150. The summed E-state index contributed by atoms with van der Waals surface area (Å²) in [5, 5.41) is 8.46. The van der Waals surface area contributed by atoms with Crippen molar-refractivity contribution in [2.24, 2.45) is 0 Å². The second kappa shape index (κ2) is 7.82. The molecule has 2 atom stereocenters. The van der Waals surface area contributed by atoms with Crippen molar-refractivity contribution in [1.82, 2.24) is 0 Å². The molecule has 150 valence electrons. The number of benzene rings is 3. The van der Waals surface area contributed by atoms with Gasteiger partial charge < -0.3 is 10.6 Å². The van der Waals surface area contributed by atoms with Crippen molar-refractivity contribution in [2.75, 3.05) is 10.6 Å². The van der Waals surface area contributed by atoms with Crippen LogP contribution in [0.4, 0.5) is 11.4 Å². The second-order valence-corrected chi connectivity index (χ2v) is 8.59. The number of carbonyl (C=O) groups excluding carboxylic acids is 1. The number of fused-ring (bicyclic) bond motifs is 1. The molecule has 0 radical (unpaired) electrons. The molecule has 2 unspecified atom stereocenters.